The van der Waals surface area contributed by atoms with Crippen LogP contribution in [-0.4, -0.2) is 38.8 Å². The van der Waals surface area contributed by atoms with Gasteiger partial charge in [-0.25, -0.2) is 4.79 Å². The van der Waals surface area contributed by atoms with Gasteiger partial charge in [0.2, 0.25) is 0 Å². The molecule has 0 spiro atoms. The SMILES string of the molecule is CC(=O)O[C@@H]1C[C@H]2[C@@H]3CC[C@@](O)(C#CC(=O)O)[C@@]3(C)CC[C@]2(O)c2ccc(OC(=O)C(C)(C)C)cc21. The molecule has 0 aliphatic heterocycles. The normalized spacial score (nSPS) is 34.8. The smallest absolute Gasteiger partial charge is 0.382 e. The lowest BCUT2D eigenvalue weighted by atomic mass is 9.51. The first-order valence-electron chi connectivity index (χ1n) is 12.4. The van der Waals surface area contributed by atoms with E-state index in [2.05, 4.69) is 11.8 Å². The van der Waals surface area contributed by atoms with E-state index in [-0.39, 0.29) is 11.8 Å². The molecule has 2 fully saturated rings. The van der Waals surface area contributed by atoms with E-state index in [1.54, 1.807) is 39.0 Å². The zero-order valence-electron chi connectivity index (χ0n) is 21.4. The van der Waals surface area contributed by atoms with Gasteiger partial charge in [0.15, 0.2) is 0 Å². The molecule has 0 amide bonds. The van der Waals surface area contributed by atoms with E-state index < -0.39 is 46.0 Å². The number of esters is 2. The van der Waals surface area contributed by atoms with Crippen molar-refractivity contribution in [2.45, 2.75) is 84.0 Å². The number of carboxylic acids is 1. The maximum atomic E-state index is 12.4. The number of carbonyl (C=O) groups excluding carboxylic acids is 2. The quantitative estimate of drug-likeness (QED) is 0.321. The van der Waals surface area contributed by atoms with E-state index in [9.17, 15) is 24.6 Å². The molecule has 0 heterocycles. The first kappa shape index (κ1) is 26.2. The number of ether oxygens (including phenoxy) is 2. The average molecular weight is 499 g/mol. The highest BCUT2D eigenvalue weighted by molar-refractivity contribution is 5.86. The van der Waals surface area contributed by atoms with Gasteiger partial charge in [-0.05, 0) is 82.4 Å². The Kier molecular flexibility index (Phi) is 6.26. The van der Waals surface area contributed by atoms with Gasteiger partial charge in [0.1, 0.15) is 17.5 Å². The molecule has 8 nitrogen and oxygen atoms in total. The lowest BCUT2D eigenvalue weighted by molar-refractivity contribution is -0.176. The molecule has 2 saturated carbocycles. The maximum Gasteiger partial charge on any atom is 0.382 e. The van der Waals surface area contributed by atoms with Gasteiger partial charge in [0.05, 0.1) is 11.0 Å². The Morgan fingerprint density at radius 1 is 1.08 bits per heavy atom. The zero-order valence-corrected chi connectivity index (χ0v) is 21.4. The van der Waals surface area contributed by atoms with Gasteiger partial charge >= 0.3 is 17.9 Å². The zero-order chi connectivity index (χ0) is 26.7. The van der Waals surface area contributed by atoms with Gasteiger partial charge in [0, 0.05) is 23.8 Å². The van der Waals surface area contributed by atoms with Gasteiger partial charge in [-0.15, -0.1) is 0 Å². The molecular formula is C28H34O8. The second-order valence-electron chi connectivity index (χ2n) is 11.7. The number of fused-ring (bicyclic) bond motifs is 5. The molecule has 1 aromatic carbocycles. The fourth-order valence-electron chi connectivity index (χ4n) is 6.53. The number of hydrogen-bond acceptors (Lipinski definition) is 7. The summed E-state index contributed by atoms with van der Waals surface area (Å²) in [6.07, 6.45) is 1.27. The molecule has 6 atom stereocenters. The van der Waals surface area contributed by atoms with Crippen molar-refractivity contribution < 1.29 is 39.2 Å². The van der Waals surface area contributed by atoms with Gasteiger partial charge < -0.3 is 24.8 Å². The first-order chi connectivity index (χ1) is 16.6. The highest BCUT2D eigenvalue weighted by Gasteiger charge is 2.65. The Labute approximate surface area is 211 Å². The molecule has 3 N–H and O–H groups in total. The van der Waals surface area contributed by atoms with Crippen molar-refractivity contribution in [3.63, 3.8) is 0 Å². The van der Waals surface area contributed by atoms with Crippen molar-refractivity contribution in [2.75, 3.05) is 0 Å². The molecule has 0 radical (unpaired) electrons. The van der Waals surface area contributed by atoms with Crippen molar-refractivity contribution in [3.05, 3.63) is 29.3 Å². The van der Waals surface area contributed by atoms with Crippen molar-refractivity contribution >= 4 is 17.9 Å². The number of hydrogen-bond donors (Lipinski definition) is 3. The molecule has 3 aliphatic rings. The number of carboxylic acid groups (broad SMARTS) is 1. The number of carbonyl (C=O) groups is 3. The molecule has 3 aliphatic carbocycles. The summed E-state index contributed by atoms with van der Waals surface area (Å²) in [5.41, 5.74) is -2.94. The molecule has 0 aromatic heterocycles. The number of aliphatic hydroxyl groups is 2. The van der Waals surface area contributed by atoms with Crippen LogP contribution in [0.2, 0.25) is 0 Å². The van der Waals surface area contributed by atoms with Crippen molar-refractivity contribution in [1.82, 2.24) is 0 Å². The Morgan fingerprint density at radius 2 is 1.78 bits per heavy atom. The summed E-state index contributed by atoms with van der Waals surface area (Å²) in [5.74, 6) is 2.31. The van der Waals surface area contributed by atoms with Crippen LogP contribution in [0.15, 0.2) is 18.2 Å². The monoisotopic (exact) mass is 498 g/mol. The molecule has 8 heteroatoms. The van der Waals surface area contributed by atoms with Crippen LogP contribution in [0.1, 0.15) is 84.0 Å². The third kappa shape index (κ3) is 4.18. The highest BCUT2D eigenvalue weighted by atomic mass is 16.5. The van der Waals surface area contributed by atoms with E-state index in [1.807, 2.05) is 6.92 Å². The van der Waals surface area contributed by atoms with Crippen LogP contribution in [0.3, 0.4) is 0 Å². The van der Waals surface area contributed by atoms with E-state index in [0.29, 0.717) is 49.0 Å². The Hall–Kier alpha value is -2.89. The van der Waals surface area contributed by atoms with E-state index in [1.165, 1.54) is 6.92 Å². The summed E-state index contributed by atoms with van der Waals surface area (Å²) in [5, 5.41) is 32.5. The van der Waals surface area contributed by atoms with E-state index in [0.717, 1.165) is 0 Å². The Balaban J connectivity index is 1.75. The van der Waals surface area contributed by atoms with Crippen LogP contribution in [0.4, 0.5) is 0 Å². The van der Waals surface area contributed by atoms with Crippen LogP contribution >= 0.6 is 0 Å². The molecule has 0 unspecified atom stereocenters. The van der Waals surface area contributed by atoms with Gasteiger partial charge in [-0.3, -0.25) is 9.59 Å². The lowest BCUT2D eigenvalue weighted by Crippen LogP contribution is -2.56. The highest BCUT2D eigenvalue weighted by Crippen LogP contribution is 2.66. The molecular weight excluding hydrogens is 464 g/mol. The van der Waals surface area contributed by atoms with E-state index >= 15 is 0 Å². The largest absolute Gasteiger partial charge is 0.472 e. The number of benzene rings is 1. The van der Waals surface area contributed by atoms with Crippen LogP contribution in [0.5, 0.6) is 5.75 Å². The predicted molar refractivity (Wildman–Crippen MR) is 128 cm³/mol. The summed E-state index contributed by atoms with van der Waals surface area (Å²) < 4.78 is 11.3. The standard InChI is InChI=1S/C28H34O8/c1-16(29)35-22-15-21-20-8-10-27(33,11-9-23(30)31)26(20,5)12-13-28(21,34)19-7-6-17(14-18(19)22)36-24(32)25(2,3)4/h6-7,14,20-22,33-34H,8,10,12-13,15H2,1-5H3,(H,30,31)/t20-,21-,22+,26-,27+,28-/m0/s1. The van der Waals surface area contributed by atoms with Crippen molar-refractivity contribution in [3.8, 4) is 17.6 Å². The third-order valence-corrected chi connectivity index (χ3v) is 8.52. The second kappa shape index (κ2) is 8.60. The summed E-state index contributed by atoms with van der Waals surface area (Å²) in [4.78, 5) is 35.5. The predicted octanol–water partition coefficient (Wildman–Crippen LogP) is 3.48. The first-order valence-corrected chi connectivity index (χ1v) is 12.4. The fraction of sp³-hybridized carbons (Fsp3) is 0.607. The number of aliphatic carboxylic acids is 1. The van der Waals surface area contributed by atoms with Gasteiger partial charge in [-0.1, -0.05) is 18.9 Å². The fourth-order valence-corrected chi connectivity index (χ4v) is 6.53. The molecule has 194 valence electrons. The topological polar surface area (TPSA) is 130 Å². The summed E-state index contributed by atoms with van der Waals surface area (Å²) >= 11 is 0. The number of rotatable bonds is 2. The lowest BCUT2D eigenvalue weighted by Gasteiger charge is -2.56. The minimum Gasteiger partial charge on any atom is -0.472 e. The van der Waals surface area contributed by atoms with Gasteiger partial charge in [0.25, 0.3) is 0 Å². The van der Waals surface area contributed by atoms with E-state index in [4.69, 9.17) is 14.6 Å². The van der Waals surface area contributed by atoms with Crippen molar-refractivity contribution in [1.29, 1.82) is 0 Å². The third-order valence-electron chi connectivity index (χ3n) is 8.52. The average Bonchev–Trinajstić information content (AvgIpc) is 3.04. The van der Waals surface area contributed by atoms with Crippen LogP contribution < -0.4 is 4.74 Å². The maximum absolute atomic E-state index is 12.4. The molecule has 0 saturated heterocycles. The van der Waals surface area contributed by atoms with Crippen LogP contribution in [-0.2, 0) is 24.7 Å². The molecule has 1 aromatic rings. The summed E-state index contributed by atoms with van der Waals surface area (Å²) in [6, 6.07) is 5.04. The minimum atomic E-state index is -1.49. The summed E-state index contributed by atoms with van der Waals surface area (Å²) in [7, 11) is 0. The minimum absolute atomic E-state index is 0.172. The molecule has 0 bridgehead atoms. The van der Waals surface area contributed by atoms with Crippen LogP contribution in [0.25, 0.3) is 0 Å². The molecule has 4 rings (SSSR count). The Morgan fingerprint density at radius 3 is 2.39 bits per heavy atom. The Bertz CT molecular complexity index is 1170. The second-order valence-corrected chi connectivity index (χ2v) is 11.7. The summed E-state index contributed by atoms with van der Waals surface area (Å²) in [6.45, 7) is 8.50. The van der Waals surface area contributed by atoms with Crippen molar-refractivity contribution in [2.24, 2.45) is 22.7 Å². The van der Waals surface area contributed by atoms with Gasteiger partial charge in [-0.2, -0.15) is 0 Å². The molecule has 36 heavy (non-hydrogen) atoms. The van der Waals surface area contributed by atoms with Crippen LogP contribution in [0, 0.1) is 34.5 Å².